The lowest BCUT2D eigenvalue weighted by Crippen LogP contribution is -2.42. The molecule has 84 valence electrons. The average Bonchev–Trinajstić information content (AvgIpc) is 1.95. The summed E-state index contributed by atoms with van der Waals surface area (Å²) in [6.07, 6.45) is -0.996. The Balaban J connectivity index is 3.83. The van der Waals surface area contributed by atoms with Gasteiger partial charge in [-0.2, -0.15) is 0 Å². The highest BCUT2D eigenvalue weighted by molar-refractivity contribution is 6.74. The summed E-state index contributed by atoms with van der Waals surface area (Å²) >= 11 is 0. The Hall–Kier alpha value is -0.553. The summed E-state index contributed by atoms with van der Waals surface area (Å²) in [6, 6.07) is 0. The number of amides is 1. The summed E-state index contributed by atoms with van der Waals surface area (Å²) in [7, 11) is -1.71. The number of rotatable bonds is 4. The molecule has 0 saturated carbocycles. The topological polar surface area (TPSA) is 58.6 Å². The molecule has 0 heterocycles. The second-order valence-corrected chi connectivity index (χ2v) is 9.65. The maximum absolute atomic E-state index is 10.2. The molecule has 5 heteroatoms. The van der Waals surface area contributed by atoms with Crippen LogP contribution in [0.2, 0.25) is 18.1 Å². The molecule has 0 unspecified atom stereocenters. The van der Waals surface area contributed by atoms with Crippen LogP contribution in [0.1, 0.15) is 20.8 Å². The van der Waals surface area contributed by atoms with Gasteiger partial charge in [0, 0.05) is 6.54 Å². The largest absolute Gasteiger partial charge is 0.465 e. The fourth-order valence-electron chi connectivity index (χ4n) is 0.681. The van der Waals surface area contributed by atoms with Crippen LogP contribution in [0, 0.1) is 0 Å². The van der Waals surface area contributed by atoms with Gasteiger partial charge in [0.1, 0.15) is 0 Å². The van der Waals surface area contributed by atoms with Gasteiger partial charge in [-0.3, -0.25) is 0 Å². The van der Waals surface area contributed by atoms with E-state index in [-0.39, 0.29) is 5.04 Å². The van der Waals surface area contributed by atoms with Crippen LogP contribution in [0.3, 0.4) is 0 Å². The van der Waals surface area contributed by atoms with Crippen LogP contribution >= 0.6 is 0 Å². The van der Waals surface area contributed by atoms with E-state index in [0.29, 0.717) is 13.2 Å². The van der Waals surface area contributed by atoms with Gasteiger partial charge in [-0.1, -0.05) is 20.8 Å². The molecule has 0 fully saturated rings. The quantitative estimate of drug-likeness (QED) is 0.563. The summed E-state index contributed by atoms with van der Waals surface area (Å²) < 4.78 is 5.76. The number of carboxylic acid groups (broad SMARTS) is 1. The molecular weight excluding hydrogens is 198 g/mol. The van der Waals surface area contributed by atoms with Crippen LogP contribution in [0.25, 0.3) is 0 Å². The Kier molecular flexibility index (Phi) is 4.60. The van der Waals surface area contributed by atoms with Crippen LogP contribution in [0.15, 0.2) is 0 Å². The predicted octanol–water partition coefficient (Wildman–Crippen LogP) is 2.28. The van der Waals surface area contributed by atoms with E-state index in [9.17, 15) is 4.79 Å². The van der Waals surface area contributed by atoms with Gasteiger partial charge in [-0.05, 0) is 18.1 Å². The van der Waals surface area contributed by atoms with E-state index in [4.69, 9.17) is 9.53 Å². The maximum atomic E-state index is 10.2. The van der Waals surface area contributed by atoms with E-state index in [2.05, 4.69) is 39.2 Å². The first-order valence-corrected chi connectivity index (χ1v) is 7.68. The fourth-order valence-corrected chi connectivity index (χ4v) is 1.73. The Morgan fingerprint density at radius 2 is 1.93 bits per heavy atom. The Labute approximate surface area is 86.8 Å². The highest BCUT2D eigenvalue weighted by atomic mass is 28.4. The van der Waals surface area contributed by atoms with E-state index < -0.39 is 14.4 Å². The van der Waals surface area contributed by atoms with Crippen molar-refractivity contribution < 1.29 is 14.3 Å². The van der Waals surface area contributed by atoms with Crippen molar-refractivity contribution in [3.63, 3.8) is 0 Å². The highest BCUT2D eigenvalue weighted by Crippen LogP contribution is 2.36. The molecule has 0 aliphatic heterocycles. The zero-order valence-corrected chi connectivity index (χ0v) is 10.7. The van der Waals surface area contributed by atoms with Crippen molar-refractivity contribution >= 4 is 14.4 Å². The molecule has 2 N–H and O–H groups in total. The van der Waals surface area contributed by atoms with Gasteiger partial charge < -0.3 is 14.8 Å². The van der Waals surface area contributed by atoms with Crippen LogP contribution < -0.4 is 5.32 Å². The van der Waals surface area contributed by atoms with Crippen molar-refractivity contribution in [2.75, 3.05) is 13.2 Å². The van der Waals surface area contributed by atoms with E-state index in [1.54, 1.807) is 0 Å². The monoisotopic (exact) mass is 219 g/mol. The molecule has 14 heavy (non-hydrogen) atoms. The van der Waals surface area contributed by atoms with Crippen molar-refractivity contribution in [2.45, 2.75) is 38.9 Å². The summed E-state index contributed by atoms with van der Waals surface area (Å²) in [5, 5.41) is 10.8. The van der Waals surface area contributed by atoms with Crippen molar-refractivity contribution in [1.82, 2.24) is 5.32 Å². The number of nitrogens with one attached hydrogen (secondary N) is 1. The molecule has 0 aliphatic carbocycles. The molecule has 0 rings (SSSR count). The zero-order chi connectivity index (χ0) is 11.4. The van der Waals surface area contributed by atoms with Gasteiger partial charge in [0.2, 0.25) is 0 Å². The van der Waals surface area contributed by atoms with Crippen molar-refractivity contribution in [2.24, 2.45) is 0 Å². The van der Waals surface area contributed by atoms with Crippen LogP contribution in [-0.4, -0.2) is 32.7 Å². The summed E-state index contributed by atoms with van der Waals surface area (Å²) in [5.41, 5.74) is 0. The molecule has 0 atom stereocenters. The molecule has 0 aromatic rings. The van der Waals surface area contributed by atoms with Crippen molar-refractivity contribution in [3.8, 4) is 0 Å². The second-order valence-electron chi connectivity index (χ2n) is 4.84. The number of carbonyl (C=O) groups is 1. The Bertz CT molecular complexity index is 199. The van der Waals surface area contributed by atoms with E-state index in [1.165, 1.54) is 0 Å². The van der Waals surface area contributed by atoms with E-state index >= 15 is 0 Å². The minimum atomic E-state index is -1.71. The third-order valence-electron chi connectivity index (χ3n) is 2.65. The number of hydrogen-bond donors (Lipinski definition) is 2. The summed E-state index contributed by atoms with van der Waals surface area (Å²) in [6.45, 7) is 11.6. The third-order valence-corrected chi connectivity index (χ3v) is 7.19. The predicted molar refractivity (Wildman–Crippen MR) is 59.2 cm³/mol. The fraction of sp³-hybridized carbons (Fsp3) is 0.889. The molecule has 0 spiro atoms. The molecule has 0 aromatic heterocycles. The zero-order valence-electron chi connectivity index (χ0n) is 9.68. The second kappa shape index (κ2) is 4.79. The molecule has 0 aliphatic rings. The number of hydrogen-bond acceptors (Lipinski definition) is 2. The molecule has 0 bridgehead atoms. The minimum Gasteiger partial charge on any atom is -0.465 e. The third kappa shape index (κ3) is 4.62. The van der Waals surface area contributed by atoms with Gasteiger partial charge in [0.15, 0.2) is 8.32 Å². The molecule has 1 amide bonds. The summed E-state index contributed by atoms with van der Waals surface area (Å²) in [4.78, 5) is 10.2. The first kappa shape index (κ1) is 13.4. The van der Waals surface area contributed by atoms with Gasteiger partial charge in [-0.25, -0.2) is 4.79 Å². The SMILES string of the molecule is CC(C)(C)[Si](C)(C)OCCNC(=O)O. The van der Waals surface area contributed by atoms with E-state index in [1.807, 2.05) is 0 Å². The first-order chi connectivity index (χ1) is 6.17. The average molecular weight is 219 g/mol. The maximum Gasteiger partial charge on any atom is 0.404 e. The standard InChI is InChI=1S/C9H21NO3Si/c1-9(2,3)14(4,5)13-7-6-10-8(11)12/h10H,6-7H2,1-5H3,(H,11,12). The van der Waals surface area contributed by atoms with Gasteiger partial charge >= 0.3 is 6.09 Å². The first-order valence-electron chi connectivity index (χ1n) is 4.77. The van der Waals surface area contributed by atoms with Crippen molar-refractivity contribution in [1.29, 1.82) is 0 Å². The lowest BCUT2D eigenvalue weighted by atomic mass is 10.2. The van der Waals surface area contributed by atoms with E-state index in [0.717, 1.165) is 0 Å². The van der Waals surface area contributed by atoms with Crippen LogP contribution in [0.4, 0.5) is 4.79 Å². The highest BCUT2D eigenvalue weighted by Gasteiger charge is 2.36. The Morgan fingerprint density at radius 1 is 1.43 bits per heavy atom. The van der Waals surface area contributed by atoms with Gasteiger partial charge in [0.05, 0.1) is 6.61 Å². The lowest BCUT2D eigenvalue weighted by Gasteiger charge is -2.36. The summed E-state index contributed by atoms with van der Waals surface area (Å²) in [5.74, 6) is 0. The smallest absolute Gasteiger partial charge is 0.404 e. The lowest BCUT2D eigenvalue weighted by molar-refractivity contribution is 0.190. The van der Waals surface area contributed by atoms with Crippen LogP contribution in [0.5, 0.6) is 0 Å². The van der Waals surface area contributed by atoms with Gasteiger partial charge in [0.25, 0.3) is 0 Å². The molecule has 0 saturated heterocycles. The Morgan fingerprint density at radius 3 is 2.29 bits per heavy atom. The molecule has 0 aromatic carbocycles. The minimum absolute atomic E-state index is 0.177. The molecule has 0 radical (unpaired) electrons. The van der Waals surface area contributed by atoms with Crippen molar-refractivity contribution in [3.05, 3.63) is 0 Å². The normalized spacial score (nSPS) is 12.6. The van der Waals surface area contributed by atoms with Crippen LogP contribution in [-0.2, 0) is 4.43 Å². The van der Waals surface area contributed by atoms with Gasteiger partial charge in [-0.15, -0.1) is 0 Å². The molecule has 4 nitrogen and oxygen atoms in total. The molecular formula is C9H21NO3Si.